The number of rotatable bonds is 5. The van der Waals surface area contributed by atoms with Crippen LogP contribution >= 0.6 is 23.1 Å². The summed E-state index contributed by atoms with van der Waals surface area (Å²) >= 11 is 3.16. The van der Waals surface area contributed by atoms with Crippen LogP contribution in [0, 0.1) is 24.7 Å². The molecule has 2 aromatic heterocycles. The van der Waals surface area contributed by atoms with Gasteiger partial charge in [-0.2, -0.15) is 0 Å². The van der Waals surface area contributed by atoms with Crippen LogP contribution in [-0.2, 0) is 5.75 Å². The lowest BCUT2D eigenvalue weighted by atomic mass is 9.65. The first-order valence-electron chi connectivity index (χ1n) is 11.5. The minimum atomic E-state index is 0.0906. The van der Waals surface area contributed by atoms with Crippen LogP contribution in [0.2, 0.25) is 0 Å². The fourth-order valence-corrected chi connectivity index (χ4v) is 7.75. The van der Waals surface area contributed by atoms with Crippen LogP contribution in [0.3, 0.4) is 0 Å². The summed E-state index contributed by atoms with van der Waals surface area (Å²) in [7, 11) is 0. The van der Waals surface area contributed by atoms with E-state index in [9.17, 15) is 4.79 Å². The maximum Gasteiger partial charge on any atom is 0.273 e. The van der Waals surface area contributed by atoms with Crippen LogP contribution in [-0.4, -0.2) is 43.1 Å². The lowest BCUT2D eigenvalue weighted by molar-refractivity contribution is 0.0703. The number of aromatic nitrogens is 4. The van der Waals surface area contributed by atoms with Gasteiger partial charge in [-0.3, -0.25) is 9.36 Å². The molecule has 3 aromatic rings. The van der Waals surface area contributed by atoms with Gasteiger partial charge in [-0.05, 0) is 55.6 Å². The van der Waals surface area contributed by atoms with E-state index >= 15 is 0 Å². The number of benzene rings is 1. The van der Waals surface area contributed by atoms with Crippen LogP contribution in [0.15, 0.2) is 34.8 Å². The predicted octanol–water partition coefficient (Wildman–Crippen LogP) is 5.67. The smallest absolute Gasteiger partial charge is 0.273 e. The van der Waals surface area contributed by atoms with Crippen LogP contribution in [0.1, 0.15) is 66.9 Å². The number of hydrogen-bond donors (Lipinski definition) is 0. The summed E-state index contributed by atoms with van der Waals surface area (Å²) in [6, 6.07) is 8.58. The molecule has 2 atom stereocenters. The molecule has 3 heterocycles. The Labute approximate surface area is 203 Å². The van der Waals surface area contributed by atoms with E-state index in [1.807, 2.05) is 24.4 Å². The SMILES string of the molecule is Cc1ccccc1-n1c(C)nnc1SCc1nc(C(=O)N2CC3(C)CC2CC(C)(C)C3)cs1. The van der Waals surface area contributed by atoms with E-state index in [2.05, 4.69) is 59.5 Å². The number of thioether (sulfide) groups is 1. The molecule has 0 spiro atoms. The third-order valence-corrected chi connectivity index (χ3v) is 8.89. The Balaban J connectivity index is 1.30. The highest BCUT2D eigenvalue weighted by Crippen LogP contribution is 2.52. The zero-order valence-corrected chi connectivity index (χ0v) is 21.6. The van der Waals surface area contributed by atoms with Gasteiger partial charge in [0.15, 0.2) is 5.16 Å². The molecule has 1 aliphatic carbocycles. The number of hydrogen-bond acceptors (Lipinski definition) is 6. The topological polar surface area (TPSA) is 63.9 Å². The molecule has 0 N–H and O–H groups in total. The second-order valence-electron chi connectivity index (χ2n) is 10.7. The quantitative estimate of drug-likeness (QED) is 0.439. The molecule has 8 heteroatoms. The summed E-state index contributed by atoms with van der Waals surface area (Å²) in [4.78, 5) is 20.2. The summed E-state index contributed by atoms with van der Waals surface area (Å²) in [5.41, 5.74) is 3.38. The molecular weight excluding hydrogens is 450 g/mol. The minimum Gasteiger partial charge on any atom is -0.334 e. The minimum absolute atomic E-state index is 0.0906. The van der Waals surface area contributed by atoms with Gasteiger partial charge in [-0.1, -0.05) is 50.7 Å². The predicted molar refractivity (Wildman–Crippen MR) is 133 cm³/mol. The van der Waals surface area contributed by atoms with E-state index in [1.54, 1.807) is 23.1 Å². The summed E-state index contributed by atoms with van der Waals surface area (Å²) in [6.45, 7) is 11.9. The molecular formula is C25H31N5OS2. The zero-order valence-electron chi connectivity index (χ0n) is 20.0. The number of thiazole rings is 1. The Kier molecular flexibility index (Phi) is 5.64. The molecule has 1 saturated carbocycles. The van der Waals surface area contributed by atoms with Crippen molar-refractivity contribution in [2.45, 2.75) is 70.8 Å². The van der Waals surface area contributed by atoms with Crippen molar-refractivity contribution in [3.05, 3.63) is 51.7 Å². The highest BCUT2D eigenvalue weighted by atomic mass is 32.2. The first-order chi connectivity index (χ1) is 15.6. The lowest BCUT2D eigenvalue weighted by Crippen LogP contribution is -2.37. The number of amides is 1. The number of para-hydroxylation sites is 1. The van der Waals surface area contributed by atoms with E-state index in [0.29, 0.717) is 22.9 Å². The highest BCUT2D eigenvalue weighted by molar-refractivity contribution is 7.98. The molecule has 6 nitrogen and oxygen atoms in total. The van der Waals surface area contributed by atoms with Crippen molar-refractivity contribution in [2.24, 2.45) is 10.8 Å². The van der Waals surface area contributed by atoms with Crippen molar-refractivity contribution in [1.82, 2.24) is 24.6 Å². The summed E-state index contributed by atoms with van der Waals surface area (Å²) in [6.07, 6.45) is 3.37. The highest BCUT2D eigenvalue weighted by Gasteiger charge is 2.51. The van der Waals surface area contributed by atoms with Crippen LogP contribution < -0.4 is 0 Å². The van der Waals surface area contributed by atoms with Crippen LogP contribution in [0.4, 0.5) is 0 Å². The van der Waals surface area contributed by atoms with Crippen molar-refractivity contribution in [3.8, 4) is 5.69 Å². The first-order valence-corrected chi connectivity index (χ1v) is 13.4. The van der Waals surface area contributed by atoms with Crippen molar-refractivity contribution >= 4 is 29.0 Å². The van der Waals surface area contributed by atoms with E-state index < -0.39 is 0 Å². The van der Waals surface area contributed by atoms with E-state index in [0.717, 1.165) is 41.1 Å². The summed E-state index contributed by atoms with van der Waals surface area (Å²) in [5.74, 6) is 1.61. The lowest BCUT2D eigenvalue weighted by Gasteiger charge is -2.39. The van der Waals surface area contributed by atoms with Gasteiger partial charge < -0.3 is 4.90 Å². The third kappa shape index (κ3) is 4.35. The molecule has 1 aromatic carbocycles. The van der Waals surface area contributed by atoms with Gasteiger partial charge in [0.05, 0.1) is 11.4 Å². The second kappa shape index (κ2) is 8.24. The average molecular weight is 482 g/mol. The largest absolute Gasteiger partial charge is 0.334 e. The van der Waals surface area contributed by atoms with Crippen molar-refractivity contribution in [3.63, 3.8) is 0 Å². The molecule has 2 fully saturated rings. The molecule has 174 valence electrons. The molecule has 1 amide bonds. The summed E-state index contributed by atoms with van der Waals surface area (Å²) < 4.78 is 2.09. The molecule has 1 aliphatic heterocycles. The van der Waals surface area contributed by atoms with Crippen molar-refractivity contribution in [2.75, 3.05) is 6.54 Å². The molecule has 5 rings (SSSR count). The summed E-state index contributed by atoms with van der Waals surface area (Å²) in [5, 5.41) is 12.4. The van der Waals surface area contributed by atoms with Crippen molar-refractivity contribution in [1.29, 1.82) is 0 Å². The maximum atomic E-state index is 13.3. The van der Waals surface area contributed by atoms with Crippen LogP contribution in [0.25, 0.3) is 5.69 Å². The fraction of sp³-hybridized carbons (Fsp3) is 0.520. The van der Waals surface area contributed by atoms with E-state index in [-0.39, 0.29) is 11.3 Å². The fourth-order valence-electron chi connectivity index (χ4n) is 5.97. The van der Waals surface area contributed by atoms with Gasteiger partial charge in [0.1, 0.15) is 16.5 Å². The molecule has 2 bridgehead atoms. The Morgan fingerprint density at radius 2 is 1.97 bits per heavy atom. The Hall–Kier alpha value is -2.19. The maximum absolute atomic E-state index is 13.3. The number of likely N-dealkylation sites (tertiary alicyclic amines) is 1. The average Bonchev–Trinajstić information content (AvgIpc) is 3.42. The molecule has 1 saturated heterocycles. The number of carbonyl (C=O) groups is 1. The van der Waals surface area contributed by atoms with E-state index in [1.165, 1.54) is 12.0 Å². The molecule has 2 aliphatic rings. The number of carbonyl (C=O) groups excluding carboxylic acids is 1. The van der Waals surface area contributed by atoms with Crippen molar-refractivity contribution < 1.29 is 4.79 Å². The number of aryl methyl sites for hydroxylation is 2. The number of nitrogens with zero attached hydrogens (tertiary/aromatic N) is 5. The Morgan fingerprint density at radius 3 is 2.76 bits per heavy atom. The third-order valence-electron chi connectivity index (χ3n) is 6.92. The van der Waals surface area contributed by atoms with Gasteiger partial charge in [0, 0.05) is 18.0 Å². The first kappa shape index (κ1) is 22.6. The van der Waals surface area contributed by atoms with Gasteiger partial charge in [-0.25, -0.2) is 4.98 Å². The Morgan fingerprint density at radius 1 is 1.18 bits per heavy atom. The van der Waals surface area contributed by atoms with E-state index in [4.69, 9.17) is 4.98 Å². The molecule has 0 radical (unpaired) electrons. The Bertz CT molecular complexity index is 1200. The number of fused-ring (bicyclic) bond motifs is 2. The van der Waals surface area contributed by atoms with Gasteiger partial charge >= 0.3 is 0 Å². The van der Waals surface area contributed by atoms with Gasteiger partial charge in [0.2, 0.25) is 0 Å². The van der Waals surface area contributed by atoms with Gasteiger partial charge in [-0.15, -0.1) is 21.5 Å². The normalized spacial score (nSPS) is 23.8. The second-order valence-corrected chi connectivity index (χ2v) is 12.6. The van der Waals surface area contributed by atoms with Gasteiger partial charge in [0.25, 0.3) is 5.91 Å². The molecule has 2 unspecified atom stereocenters. The molecule has 33 heavy (non-hydrogen) atoms. The van der Waals surface area contributed by atoms with Crippen LogP contribution in [0.5, 0.6) is 0 Å². The zero-order chi connectivity index (χ0) is 23.4. The standard InChI is InChI=1S/C25H31N5OS2/c1-16-8-6-7-9-20(16)30-17(2)27-28-23(30)33-13-21-26-19(12-32-21)22(31)29-15-25(5)11-18(29)10-24(3,4)14-25/h6-9,12,18H,10-11,13-15H2,1-5H3. The monoisotopic (exact) mass is 481 g/mol.